The van der Waals surface area contributed by atoms with Gasteiger partial charge in [-0.2, -0.15) is 0 Å². The molecule has 0 saturated carbocycles. The van der Waals surface area contributed by atoms with E-state index >= 15 is 0 Å². The minimum absolute atomic E-state index is 7.93. The molecule has 25 heavy (non-hydrogen) atoms. The third-order valence-corrected chi connectivity index (χ3v) is 7.35. The Balaban J connectivity index is 7.87. The molecule has 0 amide bonds. The molecule has 19 heteroatoms. The fraction of sp³-hybridized carbons (Fsp3) is 1.00. The normalized spacial score (nSPS) is 19.4. The standard InChI is InChI=1S/C6HF17OP/c7-1(8,9)4(16,17)25(22,23,24,5(18,19)2(10,11)12)6(20,21)3(13,14)15/h24H/q-1. The fourth-order valence-corrected chi connectivity index (χ4v) is 4.10. The maximum absolute atomic E-state index is 14.5. The Morgan fingerprint density at radius 3 is 0.600 bits per heavy atom. The maximum atomic E-state index is 13.6. The third-order valence-electron chi connectivity index (χ3n) is 2.88. The molecular formula is C6HF17OP-. The van der Waals surface area contributed by atoms with E-state index in [1.165, 1.54) is 0 Å². The zero-order valence-corrected chi connectivity index (χ0v) is 11.2. The zero-order chi connectivity index (χ0) is 21.4. The van der Waals surface area contributed by atoms with Crippen LogP contribution in [0.3, 0.4) is 0 Å². The molecule has 0 rings (SSSR count). The van der Waals surface area contributed by atoms with Gasteiger partial charge in [-0.1, -0.05) is 0 Å². The van der Waals surface area contributed by atoms with Crippen LogP contribution in [0.1, 0.15) is 0 Å². The quantitative estimate of drug-likeness (QED) is 0.406. The summed E-state index contributed by atoms with van der Waals surface area (Å²) in [5, 5.41) is 0. The van der Waals surface area contributed by atoms with Gasteiger partial charge in [0.25, 0.3) is 0 Å². The summed E-state index contributed by atoms with van der Waals surface area (Å²) in [6, 6.07) is 0. The van der Waals surface area contributed by atoms with Gasteiger partial charge in [0.2, 0.25) is 0 Å². The molecule has 0 aliphatic carbocycles. The second-order valence-electron chi connectivity index (χ2n) is 4.47. The van der Waals surface area contributed by atoms with Crippen LogP contribution in [0.4, 0.5) is 74.3 Å². The van der Waals surface area contributed by atoms with E-state index < -0.39 is 42.3 Å². The van der Waals surface area contributed by atoms with E-state index in [2.05, 4.69) is 0 Å². The molecule has 0 aliphatic heterocycles. The van der Waals surface area contributed by atoms with Gasteiger partial charge < -0.3 is 0 Å². The topological polar surface area (TPSA) is 20.2 Å². The fourth-order valence-electron chi connectivity index (χ4n) is 1.37. The summed E-state index contributed by atoms with van der Waals surface area (Å²) in [6.07, 6.45) is -25.7. The second-order valence-corrected chi connectivity index (χ2v) is 8.87. The summed E-state index contributed by atoms with van der Waals surface area (Å²) in [6.45, 7) is -14.5. The minimum atomic E-state index is -14.5. The van der Waals surface area contributed by atoms with Gasteiger partial charge in [0.05, 0.1) is 0 Å². The third kappa shape index (κ3) is 2.06. The molecule has 0 aromatic carbocycles. The van der Waals surface area contributed by atoms with Crippen LogP contribution in [0.25, 0.3) is 0 Å². The van der Waals surface area contributed by atoms with Crippen LogP contribution in [0, 0.1) is 0 Å². The summed E-state index contributed by atoms with van der Waals surface area (Å²) in [4.78, 5) is 7.93. The Kier molecular flexibility index (Phi) is 4.39. The SMILES string of the molecule is O[P-](F)(F)(C(F)(F)C(F)(F)F)(C(F)(F)C(F)(F)F)C(F)(F)C(F)(F)F. The van der Waals surface area contributed by atoms with Crippen molar-refractivity contribution in [2.75, 3.05) is 0 Å². The van der Waals surface area contributed by atoms with Crippen molar-refractivity contribution in [1.29, 1.82) is 0 Å². The summed E-state index contributed by atoms with van der Waals surface area (Å²) in [7, 11) is 0. The Morgan fingerprint density at radius 2 is 0.520 bits per heavy atom. The first-order valence-corrected chi connectivity index (χ1v) is 7.21. The number of hydrogen-bond donors (Lipinski definition) is 1. The van der Waals surface area contributed by atoms with E-state index in [1.807, 2.05) is 0 Å². The second kappa shape index (κ2) is 4.54. The molecule has 0 fully saturated rings. The Morgan fingerprint density at radius 1 is 0.400 bits per heavy atom. The molecule has 1 nitrogen and oxygen atoms in total. The van der Waals surface area contributed by atoms with Gasteiger partial charge in [-0.3, -0.25) is 0 Å². The van der Waals surface area contributed by atoms with Gasteiger partial charge in [0.1, 0.15) is 0 Å². The molecule has 0 unspecified atom stereocenters. The molecule has 0 aromatic heterocycles. The molecule has 0 atom stereocenters. The zero-order valence-electron chi connectivity index (χ0n) is 10.3. The van der Waals surface area contributed by atoms with Crippen molar-refractivity contribution in [3.63, 3.8) is 0 Å². The summed E-state index contributed by atoms with van der Waals surface area (Å²) in [5.74, 6) is 0. The molecule has 0 heterocycles. The summed E-state index contributed by atoms with van der Waals surface area (Å²) < 4.78 is 211. The van der Waals surface area contributed by atoms with Gasteiger partial charge in [-0.15, -0.1) is 0 Å². The van der Waals surface area contributed by atoms with E-state index in [1.54, 1.807) is 0 Å². The Hall–Kier alpha value is -0.800. The van der Waals surface area contributed by atoms with E-state index in [9.17, 15) is 74.3 Å². The van der Waals surface area contributed by atoms with Gasteiger partial charge >= 0.3 is 121 Å². The van der Waals surface area contributed by atoms with E-state index in [-0.39, 0.29) is 0 Å². The van der Waals surface area contributed by atoms with Crippen LogP contribution in [0.5, 0.6) is 0 Å². The van der Waals surface area contributed by atoms with Gasteiger partial charge in [0.15, 0.2) is 0 Å². The summed E-state index contributed by atoms with van der Waals surface area (Å²) >= 11 is 0. The van der Waals surface area contributed by atoms with Crippen molar-refractivity contribution in [1.82, 2.24) is 0 Å². The molecule has 0 bridgehead atoms. The van der Waals surface area contributed by atoms with Crippen molar-refractivity contribution >= 4 is 6.79 Å². The first-order valence-electron chi connectivity index (χ1n) is 4.79. The van der Waals surface area contributed by atoms with Crippen molar-refractivity contribution in [3.8, 4) is 0 Å². The predicted molar refractivity (Wildman–Crippen MR) is 44.4 cm³/mol. The molecule has 1 N–H and O–H groups in total. The number of halogens is 17. The first kappa shape index (κ1) is 24.2. The Bertz CT molecular complexity index is 474. The molecule has 0 aromatic rings. The molecule has 0 saturated heterocycles. The van der Waals surface area contributed by atoms with Crippen molar-refractivity contribution in [2.45, 2.75) is 35.5 Å². The van der Waals surface area contributed by atoms with Crippen LogP contribution >= 0.6 is 6.79 Å². The average molecular weight is 443 g/mol. The number of rotatable bonds is 3. The van der Waals surface area contributed by atoms with Crippen molar-refractivity contribution < 1.29 is 79.1 Å². The van der Waals surface area contributed by atoms with E-state index in [4.69, 9.17) is 4.89 Å². The van der Waals surface area contributed by atoms with E-state index in [0.717, 1.165) is 0 Å². The molecule has 0 radical (unpaired) electrons. The monoisotopic (exact) mass is 443 g/mol. The van der Waals surface area contributed by atoms with E-state index in [0.29, 0.717) is 0 Å². The van der Waals surface area contributed by atoms with Crippen LogP contribution in [-0.2, 0) is 0 Å². The average Bonchev–Trinajstić information content (AvgIpc) is 2.23. The first-order chi connectivity index (χ1) is 10.1. The van der Waals surface area contributed by atoms with Crippen LogP contribution < -0.4 is 0 Å². The van der Waals surface area contributed by atoms with Crippen LogP contribution in [-0.4, -0.2) is 40.4 Å². The van der Waals surface area contributed by atoms with Gasteiger partial charge in [0, 0.05) is 0 Å². The number of hydrogen-bond acceptors (Lipinski definition) is 1. The van der Waals surface area contributed by atoms with Gasteiger partial charge in [-0.25, -0.2) is 0 Å². The Labute approximate surface area is 123 Å². The van der Waals surface area contributed by atoms with Crippen molar-refractivity contribution in [2.24, 2.45) is 0 Å². The van der Waals surface area contributed by atoms with Crippen molar-refractivity contribution in [3.05, 3.63) is 0 Å². The summed E-state index contributed by atoms with van der Waals surface area (Å²) in [5.41, 5.74) is -28.6. The number of alkyl halides is 15. The molecule has 156 valence electrons. The molecule has 0 aliphatic rings. The molecular weight excluding hydrogens is 442 g/mol. The van der Waals surface area contributed by atoms with Gasteiger partial charge in [-0.05, 0) is 0 Å². The van der Waals surface area contributed by atoms with Crippen LogP contribution in [0.15, 0.2) is 0 Å². The predicted octanol–water partition coefficient (Wildman–Crippen LogP) is 6.22. The molecule has 0 spiro atoms. The van der Waals surface area contributed by atoms with Crippen LogP contribution in [0.2, 0.25) is 0 Å².